The van der Waals surface area contributed by atoms with Crippen molar-refractivity contribution in [1.29, 1.82) is 5.41 Å². The van der Waals surface area contributed by atoms with E-state index in [0.29, 0.717) is 11.1 Å². The molecule has 3 aliphatic heterocycles. The van der Waals surface area contributed by atoms with Gasteiger partial charge in [0, 0.05) is 41.5 Å². The van der Waals surface area contributed by atoms with E-state index in [4.69, 9.17) is 146 Å². The zero-order valence-corrected chi connectivity index (χ0v) is 47.8. The largest absolute Gasteiger partial charge is 0.463 e. The highest BCUT2D eigenvalue weighted by Crippen LogP contribution is 2.39. The van der Waals surface area contributed by atoms with E-state index in [1.165, 1.54) is 6.92 Å². The van der Waals surface area contributed by atoms with Crippen molar-refractivity contribution in [2.45, 2.75) is 161 Å². The van der Waals surface area contributed by atoms with Gasteiger partial charge in [0.15, 0.2) is 43.1 Å². The molecule has 15 atom stereocenters. The third-order valence-electron chi connectivity index (χ3n) is 11.3. The van der Waals surface area contributed by atoms with Gasteiger partial charge in [0.2, 0.25) is 16.0 Å². The lowest BCUT2D eigenvalue weighted by molar-refractivity contribution is -0.373. The first-order valence-corrected chi connectivity index (χ1v) is 26.2. The summed E-state index contributed by atoms with van der Waals surface area (Å²) in [6.45, 7) is 5.38. The van der Waals surface area contributed by atoms with E-state index >= 15 is 0 Å². The highest BCUT2D eigenvalue weighted by Gasteiger charge is 2.59. The molecule has 0 bridgehead atoms. The maximum atomic E-state index is 14.0. The summed E-state index contributed by atoms with van der Waals surface area (Å²) in [6.07, 6.45) is -25.1. The molecule has 0 aliphatic carbocycles. The van der Waals surface area contributed by atoms with Crippen molar-refractivity contribution < 1.29 is 105 Å². The van der Waals surface area contributed by atoms with Crippen molar-refractivity contribution in [3.05, 3.63) is 71.8 Å². The number of rotatable bonds is 21. The topological polar surface area (TPSA) is 294 Å². The van der Waals surface area contributed by atoms with Gasteiger partial charge in [-0.25, -0.2) is 4.79 Å². The molecule has 79 heavy (non-hydrogen) atoms. The van der Waals surface area contributed by atoms with Gasteiger partial charge in [-0.1, -0.05) is 130 Å². The first-order valence-electron chi connectivity index (χ1n) is 24.0. The molecular weight excluding hydrogens is 1180 g/mol. The van der Waals surface area contributed by atoms with Crippen LogP contribution in [0.4, 0.5) is 4.79 Å². The van der Waals surface area contributed by atoms with Crippen LogP contribution in [0.25, 0.3) is 0 Å². The summed E-state index contributed by atoms with van der Waals surface area (Å²) in [7, 11) is 0. The Kier molecular flexibility index (Phi) is 24.8. The number of ether oxygens (including phenoxy) is 15. The van der Waals surface area contributed by atoms with Crippen LogP contribution in [0.1, 0.15) is 59.6 Å². The molecule has 3 saturated heterocycles. The Hall–Kier alpha value is -4.54. The monoisotopic (exact) mass is 1240 g/mol. The molecule has 0 aromatic heterocycles. The maximum absolute atomic E-state index is 14.0. The second-order valence-electron chi connectivity index (χ2n) is 17.7. The highest BCUT2D eigenvalue weighted by molar-refractivity contribution is 6.76. The fraction of sp³-hybridized carbons (Fsp3) is 0.592. The third-order valence-corrected chi connectivity index (χ3v) is 12.2. The van der Waals surface area contributed by atoms with Gasteiger partial charge in [-0.05, 0) is 18.1 Å². The highest BCUT2D eigenvalue weighted by atomic mass is 35.6. The van der Waals surface area contributed by atoms with Gasteiger partial charge in [0.25, 0.3) is 3.79 Å². The molecule has 3 aliphatic rings. The first kappa shape index (κ1) is 65.3. The summed E-state index contributed by atoms with van der Waals surface area (Å²) in [5, 5.41) is 11.2. The van der Waals surface area contributed by atoms with Gasteiger partial charge < -0.3 is 76.4 Å². The molecule has 24 nitrogen and oxygen atoms in total. The quantitative estimate of drug-likeness (QED) is 0.0490. The minimum Gasteiger partial charge on any atom is -0.463 e. The van der Waals surface area contributed by atoms with Crippen LogP contribution in [0.15, 0.2) is 60.7 Å². The van der Waals surface area contributed by atoms with Gasteiger partial charge in [0.05, 0.1) is 25.9 Å². The minimum absolute atomic E-state index is 0.0858. The molecule has 2 aromatic rings. The number of alkyl carbamates (subject to hydrolysis) is 1. The minimum atomic E-state index is -2.60. The molecule has 0 unspecified atom stereocenters. The van der Waals surface area contributed by atoms with Gasteiger partial charge in [-0.15, -0.1) is 0 Å². The predicted octanol–water partition coefficient (Wildman–Crippen LogP) is 5.80. The zero-order valence-electron chi connectivity index (χ0n) is 43.2. The summed E-state index contributed by atoms with van der Waals surface area (Å²) >= 11 is 36.3. The number of benzene rings is 2. The van der Waals surface area contributed by atoms with Crippen molar-refractivity contribution in [3.63, 3.8) is 0 Å². The molecule has 30 heteroatoms. The van der Waals surface area contributed by atoms with Crippen LogP contribution >= 0.6 is 69.6 Å². The van der Waals surface area contributed by atoms with Crippen LogP contribution in [-0.4, -0.2) is 167 Å². The number of nitrogens with one attached hydrogen (secondary N) is 2. The standard InChI is InChI=1S/C49H58Cl6N2O22/c1-23-35(70-25(3)59)39(72-27(5)61)41(67-19-31-16-12-9-13-17-31)44(69-23)77-36-32(20-65-18-30-14-10-8-11-15-30)75-43(79-46(56)49(53,54)55)34(57-47(64)68-22-48(50,51)52)38(36)78-45-42(74-29(7)63)40(73-28(6)62)37(71-26(4)60)33(76-45)21-66-24(2)58/h8-17,23,32-45,56H,18-22H2,1-7H3,(H,57,64)/t23-,32+,33+,34+,35+,36+,37-,38+,39+,40-,41-,42+,43-,44-,45-/m0/s1. The van der Waals surface area contributed by atoms with E-state index in [1.54, 1.807) is 60.7 Å². The van der Waals surface area contributed by atoms with Gasteiger partial charge in [-0.3, -0.25) is 34.2 Å². The Morgan fingerprint density at radius 1 is 0.519 bits per heavy atom. The number of amides is 1. The number of halogens is 6. The molecular formula is C49H58Cl6N2O22. The van der Waals surface area contributed by atoms with Gasteiger partial charge in [0.1, 0.15) is 49.8 Å². The summed E-state index contributed by atoms with van der Waals surface area (Å²) in [4.78, 5) is 90.5. The van der Waals surface area contributed by atoms with Crippen molar-refractivity contribution >= 4 is 117 Å². The van der Waals surface area contributed by atoms with E-state index < -0.39 is 167 Å². The number of esters is 6. The molecule has 0 saturated carbocycles. The van der Waals surface area contributed by atoms with E-state index in [2.05, 4.69) is 5.32 Å². The number of alkyl halides is 6. The van der Waals surface area contributed by atoms with E-state index in [0.717, 1.165) is 41.5 Å². The van der Waals surface area contributed by atoms with E-state index in [-0.39, 0.29) is 13.2 Å². The van der Waals surface area contributed by atoms with Gasteiger partial charge in [-0.2, -0.15) is 0 Å². The van der Waals surface area contributed by atoms with Crippen molar-refractivity contribution in [1.82, 2.24) is 5.32 Å². The van der Waals surface area contributed by atoms with E-state index in [1.807, 2.05) is 0 Å². The molecule has 0 radical (unpaired) electrons. The second kappa shape index (κ2) is 30.0. The van der Waals surface area contributed by atoms with Crippen molar-refractivity contribution in [2.75, 3.05) is 19.8 Å². The number of hydrogen-bond acceptors (Lipinski definition) is 23. The lowest BCUT2D eigenvalue weighted by Crippen LogP contribution is -2.71. The molecule has 1 amide bonds. The molecule has 0 spiro atoms. The second-order valence-corrected chi connectivity index (χ2v) is 22.5. The Morgan fingerprint density at radius 2 is 0.987 bits per heavy atom. The first-order chi connectivity index (χ1) is 37.1. The van der Waals surface area contributed by atoms with Crippen LogP contribution in [-0.2, 0) is 113 Å². The van der Waals surface area contributed by atoms with Crippen LogP contribution < -0.4 is 5.32 Å². The van der Waals surface area contributed by atoms with Crippen LogP contribution in [0, 0.1) is 5.41 Å². The Balaban J connectivity index is 1.79. The number of carbonyl (C=O) groups is 7. The lowest BCUT2D eigenvalue weighted by atomic mass is 9.94. The Bertz CT molecular complexity index is 2400. The Morgan fingerprint density at radius 3 is 1.52 bits per heavy atom. The smallest absolute Gasteiger partial charge is 0.407 e. The molecule has 2 aromatic carbocycles. The molecule has 5 rings (SSSR count). The average molecular weight is 1240 g/mol. The third kappa shape index (κ3) is 20.4. The molecule has 3 fully saturated rings. The van der Waals surface area contributed by atoms with Crippen LogP contribution in [0.2, 0.25) is 0 Å². The maximum Gasteiger partial charge on any atom is 0.407 e. The summed E-state index contributed by atoms with van der Waals surface area (Å²) in [5.74, 6) is -6.52. The predicted molar refractivity (Wildman–Crippen MR) is 275 cm³/mol. The lowest BCUT2D eigenvalue weighted by Gasteiger charge is -2.51. The van der Waals surface area contributed by atoms with Crippen molar-refractivity contribution in [3.8, 4) is 0 Å². The molecule has 3 heterocycles. The average Bonchev–Trinajstić information content (AvgIpc) is 3.48. The van der Waals surface area contributed by atoms with Crippen molar-refractivity contribution in [2.24, 2.45) is 0 Å². The fourth-order valence-electron chi connectivity index (χ4n) is 8.31. The Labute approximate surface area is 483 Å². The van der Waals surface area contributed by atoms with Gasteiger partial charge >= 0.3 is 41.9 Å². The molecule has 2 N–H and O–H groups in total. The normalized spacial score (nSPS) is 28.9. The SMILES string of the molecule is CC(=O)OC[C@H]1O[C@@H](O[C@@H]2[C@@H](NC(=O)OCC(Cl)(Cl)Cl)[C@H](OC(=N)C(Cl)(Cl)Cl)O[C@H](COCc3ccccc3)[C@H]2O[C@@H]2O[C@@H](C)[C@@H](OC(C)=O)[C@@H](OC(C)=O)[C@@H]2OCc2ccccc2)[C@H](OC(C)=O)[C@@H](OC(C)=O)[C@H]1OC(C)=O. The van der Waals surface area contributed by atoms with Crippen LogP contribution in [0.5, 0.6) is 0 Å². The van der Waals surface area contributed by atoms with E-state index in [9.17, 15) is 33.6 Å². The summed E-state index contributed by atoms with van der Waals surface area (Å²) in [5.41, 5.74) is 1.28. The zero-order chi connectivity index (χ0) is 58.4. The summed E-state index contributed by atoms with van der Waals surface area (Å²) in [6, 6.07) is 15.5. The van der Waals surface area contributed by atoms with Crippen LogP contribution in [0.3, 0.4) is 0 Å². The fourth-order valence-corrected chi connectivity index (χ4v) is 8.60. The number of hydrogen-bond donors (Lipinski definition) is 2. The molecule has 438 valence electrons. The summed E-state index contributed by atoms with van der Waals surface area (Å²) < 4.78 is 85.9. The number of carbonyl (C=O) groups excluding carboxylic acids is 7.